The lowest BCUT2D eigenvalue weighted by molar-refractivity contribution is 0.0494. The second-order valence-corrected chi connectivity index (χ2v) is 8.03. The number of aromatic nitrogens is 1. The van der Waals surface area contributed by atoms with Crippen LogP contribution in [0.4, 0.5) is 5.69 Å². The van der Waals surface area contributed by atoms with E-state index in [4.69, 9.17) is 9.72 Å². The van der Waals surface area contributed by atoms with Gasteiger partial charge >= 0.3 is 0 Å². The van der Waals surface area contributed by atoms with Crippen molar-refractivity contribution < 1.29 is 4.74 Å². The third kappa shape index (κ3) is 3.73. The Labute approximate surface area is 172 Å². The zero-order valence-electron chi connectivity index (χ0n) is 16.9. The molecule has 0 unspecified atom stereocenters. The van der Waals surface area contributed by atoms with Crippen LogP contribution in [0.5, 0.6) is 0 Å². The molecule has 0 bridgehead atoms. The first-order valence-corrected chi connectivity index (χ1v) is 10.5. The number of rotatable bonds is 4. The number of hydrogen-bond donors (Lipinski definition) is 0. The van der Waals surface area contributed by atoms with Crippen molar-refractivity contribution in [2.75, 3.05) is 18.7 Å². The maximum Gasteiger partial charge on any atom is 0.0944 e. The van der Waals surface area contributed by atoms with Gasteiger partial charge in [-0.05, 0) is 43.9 Å². The number of methoxy groups -OCH3 is 1. The minimum atomic E-state index is 0.444. The maximum absolute atomic E-state index is 5.52. The standard InChI is InChI=1S/C25H27N3O/c1-29-23-12-10-21(11-13-23)27-15-16-28(18-27)22-9-7-20-8-14-24(26-25(20)17-22)19-5-3-2-4-6-19/h2-9,14-17,21,23H,10-13,18H2,1H3. The Bertz CT molecular complexity index is 1010. The quantitative estimate of drug-likeness (QED) is 0.600. The van der Waals surface area contributed by atoms with Crippen LogP contribution in [-0.2, 0) is 4.74 Å². The Morgan fingerprint density at radius 2 is 1.69 bits per heavy atom. The summed E-state index contributed by atoms with van der Waals surface area (Å²) in [6, 6.07) is 21.8. The van der Waals surface area contributed by atoms with Crippen molar-refractivity contribution in [1.29, 1.82) is 0 Å². The predicted octanol–water partition coefficient (Wildman–Crippen LogP) is 5.41. The highest BCUT2D eigenvalue weighted by molar-refractivity contribution is 5.85. The molecule has 29 heavy (non-hydrogen) atoms. The summed E-state index contributed by atoms with van der Waals surface area (Å²) in [6.45, 7) is 0.909. The Kier molecular flexibility index (Phi) is 4.94. The smallest absolute Gasteiger partial charge is 0.0944 e. The van der Waals surface area contributed by atoms with Gasteiger partial charge in [0.15, 0.2) is 0 Å². The maximum atomic E-state index is 5.52. The molecule has 1 aliphatic heterocycles. The molecule has 1 fully saturated rings. The van der Waals surface area contributed by atoms with Gasteiger partial charge in [-0.1, -0.05) is 42.5 Å². The SMILES string of the molecule is COC1CCC(N2C=CN(c3ccc4ccc(-c5ccccc5)nc4c3)C2)CC1. The lowest BCUT2D eigenvalue weighted by Crippen LogP contribution is -2.38. The van der Waals surface area contributed by atoms with E-state index in [1.807, 2.05) is 13.2 Å². The van der Waals surface area contributed by atoms with E-state index < -0.39 is 0 Å². The van der Waals surface area contributed by atoms with Gasteiger partial charge in [0.1, 0.15) is 0 Å². The second kappa shape index (κ2) is 7.88. The first-order chi connectivity index (χ1) is 14.3. The van der Waals surface area contributed by atoms with Gasteiger partial charge in [0.2, 0.25) is 0 Å². The molecule has 5 rings (SSSR count). The minimum Gasteiger partial charge on any atom is -0.381 e. The molecule has 2 aromatic carbocycles. The lowest BCUT2D eigenvalue weighted by atomic mass is 9.92. The third-order valence-electron chi connectivity index (χ3n) is 6.28. The van der Waals surface area contributed by atoms with Crippen LogP contribution < -0.4 is 4.90 Å². The van der Waals surface area contributed by atoms with Crippen molar-refractivity contribution in [3.63, 3.8) is 0 Å². The van der Waals surface area contributed by atoms with E-state index in [2.05, 4.69) is 76.8 Å². The Morgan fingerprint density at radius 3 is 2.48 bits per heavy atom. The van der Waals surface area contributed by atoms with Crippen LogP contribution in [0.3, 0.4) is 0 Å². The zero-order valence-corrected chi connectivity index (χ0v) is 16.9. The number of benzene rings is 2. The summed E-state index contributed by atoms with van der Waals surface area (Å²) in [7, 11) is 1.83. The molecule has 2 aliphatic rings. The highest BCUT2D eigenvalue weighted by Gasteiger charge is 2.27. The Morgan fingerprint density at radius 1 is 0.897 bits per heavy atom. The minimum absolute atomic E-state index is 0.444. The number of anilines is 1. The molecule has 2 heterocycles. The van der Waals surface area contributed by atoms with Gasteiger partial charge in [-0.3, -0.25) is 0 Å². The topological polar surface area (TPSA) is 28.6 Å². The fourth-order valence-electron chi connectivity index (χ4n) is 4.51. The number of ether oxygens (including phenoxy) is 1. The van der Waals surface area contributed by atoms with Gasteiger partial charge in [0.25, 0.3) is 0 Å². The molecule has 0 radical (unpaired) electrons. The van der Waals surface area contributed by atoms with Gasteiger partial charge in [0, 0.05) is 42.2 Å². The van der Waals surface area contributed by atoms with Crippen LogP contribution in [0, 0.1) is 0 Å². The molecule has 1 saturated carbocycles. The van der Waals surface area contributed by atoms with Gasteiger partial charge in [-0.25, -0.2) is 4.98 Å². The molecule has 0 amide bonds. The van der Waals surface area contributed by atoms with E-state index >= 15 is 0 Å². The highest BCUT2D eigenvalue weighted by Crippen LogP contribution is 2.30. The summed E-state index contributed by atoms with van der Waals surface area (Å²) in [6.07, 6.45) is 9.62. The zero-order chi connectivity index (χ0) is 19.6. The molecule has 148 valence electrons. The van der Waals surface area contributed by atoms with Crippen molar-refractivity contribution in [2.24, 2.45) is 0 Å². The van der Waals surface area contributed by atoms with Crippen LogP contribution in [0.1, 0.15) is 25.7 Å². The summed E-state index contributed by atoms with van der Waals surface area (Å²) in [5.41, 5.74) is 4.40. The van der Waals surface area contributed by atoms with E-state index in [0.717, 1.165) is 36.3 Å². The van der Waals surface area contributed by atoms with Crippen molar-refractivity contribution >= 4 is 16.6 Å². The van der Waals surface area contributed by atoms with Gasteiger partial charge in [-0.2, -0.15) is 0 Å². The average Bonchev–Trinajstić information content (AvgIpc) is 3.29. The second-order valence-electron chi connectivity index (χ2n) is 8.03. The van der Waals surface area contributed by atoms with Crippen LogP contribution in [-0.4, -0.2) is 35.8 Å². The van der Waals surface area contributed by atoms with Crippen molar-refractivity contribution in [3.05, 3.63) is 73.1 Å². The largest absolute Gasteiger partial charge is 0.381 e. The first kappa shape index (κ1) is 18.2. The summed E-state index contributed by atoms with van der Waals surface area (Å²) in [5.74, 6) is 0. The van der Waals surface area contributed by atoms with Crippen LogP contribution in [0.15, 0.2) is 73.1 Å². The van der Waals surface area contributed by atoms with Crippen molar-refractivity contribution in [1.82, 2.24) is 9.88 Å². The van der Waals surface area contributed by atoms with Gasteiger partial charge in [0.05, 0.1) is 24.0 Å². The highest BCUT2D eigenvalue weighted by atomic mass is 16.5. The summed E-state index contributed by atoms with van der Waals surface area (Å²) in [4.78, 5) is 9.72. The lowest BCUT2D eigenvalue weighted by Gasteiger charge is -2.35. The number of nitrogens with zero attached hydrogens (tertiary/aromatic N) is 3. The molecular weight excluding hydrogens is 358 g/mol. The molecule has 4 nitrogen and oxygen atoms in total. The van der Waals surface area contributed by atoms with E-state index in [9.17, 15) is 0 Å². The van der Waals surface area contributed by atoms with E-state index in [1.165, 1.54) is 23.9 Å². The van der Waals surface area contributed by atoms with E-state index in [0.29, 0.717) is 12.1 Å². The molecule has 0 saturated heterocycles. The molecule has 4 heteroatoms. The summed E-state index contributed by atoms with van der Waals surface area (Å²) >= 11 is 0. The molecule has 0 spiro atoms. The van der Waals surface area contributed by atoms with Crippen molar-refractivity contribution in [3.8, 4) is 11.3 Å². The van der Waals surface area contributed by atoms with Crippen LogP contribution in [0.25, 0.3) is 22.2 Å². The fourth-order valence-corrected chi connectivity index (χ4v) is 4.51. The summed E-state index contributed by atoms with van der Waals surface area (Å²) < 4.78 is 5.52. The molecular formula is C25H27N3O. The van der Waals surface area contributed by atoms with Gasteiger partial charge in [-0.15, -0.1) is 0 Å². The Hall–Kier alpha value is -2.85. The third-order valence-corrected chi connectivity index (χ3v) is 6.28. The summed E-state index contributed by atoms with van der Waals surface area (Å²) in [5, 5.41) is 1.17. The predicted molar refractivity (Wildman–Crippen MR) is 119 cm³/mol. The van der Waals surface area contributed by atoms with Crippen LogP contribution >= 0.6 is 0 Å². The van der Waals surface area contributed by atoms with Crippen LogP contribution in [0.2, 0.25) is 0 Å². The molecule has 1 aliphatic carbocycles. The number of hydrogen-bond acceptors (Lipinski definition) is 4. The molecule has 1 aromatic heterocycles. The van der Waals surface area contributed by atoms with E-state index in [1.54, 1.807) is 0 Å². The number of fused-ring (bicyclic) bond motifs is 1. The normalized spacial score (nSPS) is 21.8. The molecule has 0 N–H and O–H groups in total. The average molecular weight is 386 g/mol. The Balaban J connectivity index is 1.34. The van der Waals surface area contributed by atoms with E-state index in [-0.39, 0.29) is 0 Å². The fraction of sp³-hybridized carbons (Fsp3) is 0.320. The van der Waals surface area contributed by atoms with Crippen molar-refractivity contribution in [2.45, 2.75) is 37.8 Å². The monoisotopic (exact) mass is 385 g/mol. The number of pyridine rings is 1. The first-order valence-electron chi connectivity index (χ1n) is 10.5. The van der Waals surface area contributed by atoms with Gasteiger partial charge < -0.3 is 14.5 Å². The molecule has 0 atom stereocenters. The molecule has 3 aromatic rings.